The molecular weight excluding hydrogens is 343 g/mol. The number of hydrogen-bond donors (Lipinski definition) is 0. The van der Waals surface area contributed by atoms with Crippen molar-refractivity contribution in [1.82, 2.24) is 9.21 Å². The fourth-order valence-corrected chi connectivity index (χ4v) is 4.60. The quantitative estimate of drug-likeness (QED) is 0.726. The van der Waals surface area contributed by atoms with Crippen molar-refractivity contribution in [3.63, 3.8) is 0 Å². The van der Waals surface area contributed by atoms with E-state index in [1.54, 1.807) is 4.90 Å². The average molecular weight is 368 g/mol. The number of piperidine rings is 1. The lowest BCUT2D eigenvalue weighted by molar-refractivity contribution is -0.136. The van der Waals surface area contributed by atoms with Gasteiger partial charge < -0.3 is 4.90 Å². The molecule has 0 N–H and O–H groups in total. The second-order valence-corrected chi connectivity index (χ2v) is 8.32. The Bertz CT molecular complexity index is 740. The maximum absolute atomic E-state index is 13.8. The van der Waals surface area contributed by atoms with Gasteiger partial charge >= 0.3 is 0 Å². The smallest absolute Gasteiger partial charge is 0.245 e. The van der Waals surface area contributed by atoms with Gasteiger partial charge in [-0.2, -0.15) is 4.31 Å². The minimum Gasteiger partial charge on any atom is -0.339 e. The van der Waals surface area contributed by atoms with E-state index in [1.807, 2.05) is 13.8 Å². The Balaban J connectivity index is 2.05. The van der Waals surface area contributed by atoms with E-state index in [4.69, 9.17) is 0 Å². The average Bonchev–Trinajstić information content (AvgIpc) is 2.59. The van der Waals surface area contributed by atoms with Crippen LogP contribution in [0.5, 0.6) is 0 Å². The highest BCUT2D eigenvalue weighted by atomic mass is 32.2. The van der Waals surface area contributed by atoms with E-state index in [1.165, 1.54) is 22.5 Å². The predicted molar refractivity (Wildman–Crippen MR) is 95.0 cm³/mol. The lowest BCUT2D eigenvalue weighted by Crippen LogP contribution is -2.44. The molecule has 1 fully saturated rings. The van der Waals surface area contributed by atoms with Crippen LogP contribution < -0.4 is 0 Å². The third kappa shape index (κ3) is 4.46. The first-order chi connectivity index (χ1) is 11.8. The van der Waals surface area contributed by atoms with Crippen molar-refractivity contribution >= 4 is 15.9 Å². The summed E-state index contributed by atoms with van der Waals surface area (Å²) in [7, 11) is -3.87. The Morgan fingerprint density at radius 1 is 1.32 bits per heavy atom. The van der Waals surface area contributed by atoms with Crippen LogP contribution in [0.2, 0.25) is 0 Å². The Hall–Kier alpha value is -1.73. The van der Waals surface area contributed by atoms with Gasteiger partial charge in [-0.3, -0.25) is 4.79 Å². The van der Waals surface area contributed by atoms with Crippen LogP contribution in [-0.4, -0.2) is 49.7 Å². The van der Waals surface area contributed by atoms with Gasteiger partial charge in [0.25, 0.3) is 0 Å². The number of hydrogen-bond acceptors (Lipinski definition) is 3. The molecule has 0 aliphatic carbocycles. The van der Waals surface area contributed by atoms with Crippen LogP contribution in [0.15, 0.2) is 41.3 Å². The van der Waals surface area contributed by atoms with Gasteiger partial charge in [-0.15, -0.1) is 0 Å². The number of carbonyl (C=O) groups is 1. The first-order valence-electron chi connectivity index (χ1n) is 8.45. The summed E-state index contributed by atoms with van der Waals surface area (Å²) in [6.07, 6.45) is 0.887. The molecular formula is C18H25FN2O3S. The fourth-order valence-electron chi connectivity index (χ4n) is 3.07. The van der Waals surface area contributed by atoms with E-state index in [0.29, 0.717) is 25.9 Å². The summed E-state index contributed by atoms with van der Waals surface area (Å²) in [6.45, 7) is 9.18. The highest BCUT2D eigenvalue weighted by molar-refractivity contribution is 7.89. The van der Waals surface area contributed by atoms with E-state index in [-0.39, 0.29) is 29.8 Å². The normalized spacial score (nSPS) is 16.6. The molecule has 1 aliphatic heterocycles. The topological polar surface area (TPSA) is 57.7 Å². The Labute approximate surface area is 149 Å². The molecule has 5 nitrogen and oxygen atoms in total. The van der Waals surface area contributed by atoms with Crippen LogP contribution in [0.25, 0.3) is 0 Å². The standard InChI is InChI=1S/C18H25FN2O3S/c1-4-20(13-14(2)3)18(22)15-9-11-21(12-10-15)25(23,24)17-8-6-5-7-16(17)19/h5-8,15H,2,4,9-13H2,1,3H3. The summed E-state index contributed by atoms with van der Waals surface area (Å²) in [4.78, 5) is 14.0. The zero-order valence-electron chi connectivity index (χ0n) is 14.7. The van der Waals surface area contributed by atoms with Crippen molar-refractivity contribution < 1.29 is 17.6 Å². The molecule has 1 saturated heterocycles. The van der Waals surface area contributed by atoms with Crippen molar-refractivity contribution in [1.29, 1.82) is 0 Å². The Kier molecular flexibility index (Phi) is 6.35. The van der Waals surface area contributed by atoms with Crippen LogP contribution >= 0.6 is 0 Å². The van der Waals surface area contributed by atoms with E-state index in [0.717, 1.165) is 11.6 Å². The highest BCUT2D eigenvalue weighted by Gasteiger charge is 2.34. The molecule has 1 aliphatic rings. The maximum atomic E-state index is 13.8. The zero-order chi connectivity index (χ0) is 18.6. The molecule has 0 spiro atoms. The highest BCUT2D eigenvalue weighted by Crippen LogP contribution is 2.26. The van der Waals surface area contributed by atoms with Crippen LogP contribution in [-0.2, 0) is 14.8 Å². The van der Waals surface area contributed by atoms with E-state index in [2.05, 4.69) is 6.58 Å². The number of rotatable bonds is 6. The van der Waals surface area contributed by atoms with Crippen molar-refractivity contribution in [2.45, 2.75) is 31.6 Å². The molecule has 25 heavy (non-hydrogen) atoms. The second kappa shape index (κ2) is 8.10. The molecule has 0 unspecified atom stereocenters. The van der Waals surface area contributed by atoms with E-state index >= 15 is 0 Å². The SMILES string of the molecule is C=C(C)CN(CC)C(=O)C1CCN(S(=O)(=O)c2ccccc2F)CC1. The zero-order valence-corrected chi connectivity index (χ0v) is 15.6. The third-order valence-electron chi connectivity index (χ3n) is 4.41. The van der Waals surface area contributed by atoms with Gasteiger partial charge in [0.1, 0.15) is 10.7 Å². The van der Waals surface area contributed by atoms with Gasteiger partial charge in [-0.1, -0.05) is 24.3 Å². The fraction of sp³-hybridized carbons (Fsp3) is 0.500. The molecule has 0 radical (unpaired) electrons. The molecule has 0 aromatic heterocycles. The molecule has 1 aromatic rings. The first-order valence-corrected chi connectivity index (χ1v) is 9.89. The van der Waals surface area contributed by atoms with Gasteiger partial charge in [0.05, 0.1) is 0 Å². The first kappa shape index (κ1) is 19.6. The summed E-state index contributed by atoms with van der Waals surface area (Å²) in [5, 5.41) is 0. The summed E-state index contributed by atoms with van der Waals surface area (Å²) in [6, 6.07) is 5.37. The molecule has 2 rings (SSSR count). The molecule has 1 aromatic carbocycles. The number of sulfonamides is 1. The van der Waals surface area contributed by atoms with Crippen molar-refractivity contribution in [3.05, 3.63) is 42.2 Å². The van der Waals surface area contributed by atoms with Crippen LogP contribution in [0.3, 0.4) is 0 Å². The molecule has 1 heterocycles. The van der Waals surface area contributed by atoms with Crippen LogP contribution in [0.1, 0.15) is 26.7 Å². The van der Waals surface area contributed by atoms with Gasteiger partial charge in [-0.25, -0.2) is 12.8 Å². The summed E-state index contributed by atoms with van der Waals surface area (Å²) in [5.74, 6) is -0.917. The lowest BCUT2D eigenvalue weighted by Gasteiger charge is -2.33. The number of likely N-dealkylation sites (N-methyl/N-ethyl adjacent to an activating group) is 1. The van der Waals surface area contributed by atoms with Gasteiger partial charge in [-0.05, 0) is 38.8 Å². The van der Waals surface area contributed by atoms with Crippen LogP contribution in [0.4, 0.5) is 4.39 Å². The molecule has 138 valence electrons. The Morgan fingerprint density at radius 2 is 1.92 bits per heavy atom. The second-order valence-electron chi connectivity index (χ2n) is 6.42. The van der Waals surface area contributed by atoms with Crippen molar-refractivity contribution in [2.24, 2.45) is 5.92 Å². The molecule has 0 saturated carbocycles. The number of halogens is 1. The molecule has 1 amide bonds. The summed E-state index contributed by atoms with van der Waals surface area (Å²) >= 11 is 0. The monoisotopic (exact) mass is 368 g/mol. The minimum atomic E-state index is -3.87. The van der Waals surface area contributed by atoms with Crippen molar-refractivity contribution in [3.8, 4) is 0 Å². The number of amides is 1. The van der Waals surface area contributed by atoms with Gasteiger partial charge in [0.15, 0.2) is 0 Å². The van der Waals surface area contributed by atoms with Gasteiger partial charge in [0, 0.05) is 32.1 Å². The third-order valence-corrected chi connectivity index (χ3v) is 6.34. The maximum Gasteiger partial charge on any atom is 0.245 e. The number of benzene rings is 1. The minimum absolute atomic E-state index is 0.0356. The lowest BCUT2D eigenvalue weighted by atomic mass is 9.96. The molecule has 0 bridgehead atoms. The molecule has 7 heteroatoms. The van der Waals surface area contributed by atoms with E-state index < -0.39 is 15.8 Å². The number of carbonyl (C=O) groups excluding carboxylic acids is 1. The van der Waals surface area contributed by atoms with E-state index in [9.17, 15) is 17.6 Å². The van der Waals surface area contributed by atoms with Crippen molar-refractivity contribution in [2.75, 3.05) is 26.2 Å². The summed E-state index contributed by atoms with van der Waals surface area (Å²) in [5.41, 5.74) is 0.912. The molecule has 0 atom stereocenters. The Morgan fingerprint density at radius 3 is 2.44 bits per heavy atom. The van der Waals surface area contributed by atoms with Crippen LogP contribution in [0, 0.1) is 11.7 Å². The number of nitrogens with zero attached hydrogens (tertiary/aromatic N) is 2. The predicted octanol–water partition coefficient (Wildman–Crippen LogP) is 2.65. The van der Waals surface area contributed by atoms with Gasteiger partial charge in [0.2, 0.25) is 15.9 Å². The summed E-state index contributed by atoms with van der Waals surface area (Å²) < 4.78 is 40.3. The largest absolute Gasteiger partial charge is 0.339 e.